The van der Waals surface area contributed by atoms with E-state index in [2.05, 4.69) is 20.3 Å². The minimum atomic E-state index is -0.285. The molecule has 4 aromatic rings. The van der Waals surface area contributed by atoms with Crippen LogP contribution in [0.3, 0.4) is 0 Å². The Labute approximate surface area is 178 Å². The first kappa shape index (κ1) is 20.0. The van der Waals surface area contributed by atoms with E-state index in [0.29, 0.717) is 28.9 Å². The number of nitrogens with zero attached hydrogens (tertiary/aromatic N) is 3. The molecule has 30 heavy (non-hydrogen) atoms. The molecule has 0 radical (unpaired) electrons. The summed E-state index contributed by atoms with van der Waals surface area (Å²) in [6.07, 6.45) is 5.03. The van der Waals surface area contributed by atoms with Crippen LogP contribution in [0.2, 0.25) is 5.02 Å². The molecule has 0 amide bonds. The van der Waals surface area contributed by atoms with Crippen LogP contribution in [0, 0.1) is 5.82 Å². The molecule has 0 aliphatic rings. The molecule has 7 heteroatoms. The Morgan fingerprint density at radius 1 is 1.03 bits per heavy atom. The summed E-state index contributed by atoms with van der Waals surface area (Å²) in [6.45, 7) is 4.29. The molecule has 1 N–H and O–H groups in total. The van der Waals surface area contributed by atoms with Crippen molar-refractivity contribution >= 4 is 28.2 Å². The summed E-state index contributed by atoms with van der Waals surface area (Å²) in [4.78, 5) is 12.9. The SMILES string of the molecule is CCOc1ncc(-c2ccc3ncc(Cl)c(N[C@H](C)c4ccccc4F)c3c2)cn1. The van der Waals surface area contributed by atoms with Crippen LogP contribution in [0.1, 0.15) is 25.5 Å². The number of ether oxygens (including phenoxy) is 1. The third-order valence-corrected chi connectivity index (χ3v) is 5.08. The predicted octanol–water partition coefficient (Wildman–Crippen LogP) is 6.06. The zero-order valence-electron chi connectivity index (χ0n) is 16.6. The van der Waals surface area contributed by atoms with Gasteiger partial charge in [0.1, 0.15) is 5.82 Å². The maximum atomic E-state index is 14.2. The van der Waals surface area contributed by atoms with Crippen molar-refractivity contribution in [2.45, 2.75) is 19.9 Å². The highest BCUT2D eigenvalue weighted by Crippen LogP contribution is 2.35. The van der Waals surface area contributed by atoms with Gasteiger partial charge in [0.2, 0.25) is 0 Å². The van der Waals surface area contributed by atoms with E-state index >= 15 is 0 Å². The van der Waals surface area contributed by atoms with Crippen LogP contribution in [0.4, 0.5) is 10.1 Å². The highest BCUT2D eigenvalue weighted by Gasteiger charge is 2.15. The molecule has 0 saturated carbocycles. The van der Waals surface area contributed by atoms with E-state index in [0.717, 1.165) is 22.0 Å². The van der Waals surface area contributed by atoms with E-state index in [4.69, 9.17) is 16.3 Å². The third kappa shape index (κ3) is 4.04. The smallest absolute Gasteiger partial charge is 0.316 e. The van der Waals surface area contributed by atoms with E-state index in [1.54, 1.807) is 30.7 Å². The summed E-state index contributed by atoms with van der Waals surface area (Å²) in [7, 11) is 0. The Morgan fingerprint density at radius 2 is 1.80 bits per heavy atom. The first-order valence-electron chi connectivity index (χ1n) is 9.61. The van der Waals surface area contributed by atoms with Gasteiger partial charge in [-0.25, -0.2) is 14.4 Å². The third-order valence-electron chi connectivity index (χ3n) is 4.79. The molecular weight excluding hydrogens is 403 g/mol. The van der Waals surface area contributed by atoms with Gasteiger partial charge >= 0.3 is 6.01 Å². The number of halogens is 2. The fraction of sp³-hybridized carbons (Fsp3) is 0.174. The number of nitrogens with one attached hydrogen (secondary N) is 1. The molecule has 152 valence electrons. The van der Waals surface area contributed by atoms with Crippen molar-refractivity contribution < 1.29 is 9.13 Å². The second-order valence-corrected chi connectivity index (χ2v) is 7.20. The summed E-state index contributed by atoms with van der Waals surface area (Å²) in [6, 6.07) is 12.6. The number of benzene rings is 2. The van der Waals surface area contributed by atoms with E-state index < -0.39 is 0 Å². The average molecular weight is 423 g/mol. The van der Waals surface area contributed by atoms with Crippen molar-refractivity contribution in [2.24, 2.45) is 0 Å². The van der Waals surface area contributed by atoms with Gasteiger partial charge in [0.15, 0.2) is 0 Å². The van der Waals surface area contributed by atoms with Crippen LogP contribution in [0.15, 0.2) is 61.1 Å². The molecule has 2 heterocycles. The van der Waals surface area contributed by atoms with Crippen LogP contribution in [0.25, 0.3) is 22.0 Å². The van der Waals surface area contributed by atoms with Crippen molar-refractivity contribution in [3.63, 3.8) is 0 Å². The molecule has 5 nitrogen and oxygen atoms in total. The number of hydrogen-bond donors (Lipinski definition) is 1. The van der Waals surface area contributed by atoms with Crippen LogP contribution in [0.5, 0.6) is 6.01 Å². The van der Waals surface area contributed by atoms with Gasteiger partial charge in [0, 0.05) is 35.1 Å². The summed E-state index contributed by atoms with van der Waals surface area (Å²) in [5, 5.41) is 4.65. The van der Waals surface area contributed by atoms with Crippen LogP contribution < -0.4 is 10.1 Å². The minimum Gasteiger partial charge on any atom is -0.464 e. The van der Waals surface area contributed by atoms with E-state index in [-0.39, 0.29) is 11.9 Å². The normalized spacial score (nSPS) is 12.0. The minimum absolute atomic E-state index is 0.265. The van der Waals surface area contributed by atoms with Crippen LogP contribution >= 0.6 is 11.6 Å². The summed E-state index contributed by atoms with van der Waals surface area (Å²) < 4.78 is 19.5. The van der Waals surface area contributed by atoms with Crippen molar-refractivity contribution in [3.05, 3.63) is 77.5 Å². The zero-order chi connectivity index (χ0) is 21.1. The van der Waals surface area contributed by atoms with Gasteiger partial charge in [-0.2, -0.15) is 0 Å². The lowest BCUT2D eigenvalue weighted by atomic mass is 10.0. The van der Waals surface area contributed by atoms with Gasteiger partial charge in [-0.3, -0.25) is 4.98 Å². The van der Waals surface area contributed by atoms with Gasteiger partial charge in [0.05, 0.1) is 28.9 Å². The number of hydrogen-bond acceptors (Lipinski definition) is 5. The molecule has 4 rings (SSSR count). The number of fused-ring (bicyclic) bond motifs is 1. The Kier molecular flexibility index (Phi) is 5.77. The molecule has 2 aromatic carbocycles. The molecule has 2 aromatic heterocycles. The standard InChI is InChI=1S/C23H20ClFN4O/c1-3-30-23-27-11-16(12-28-23)15-8-9-21-18(10-15)22(19(24)13-26-21)29-14(2)17-6-4-5-7-20(17)25/h4-14H,3H2,1-2H3,(H,26,29)/t14-/m1/s1. The molecule has 1 atom stereocenters. The van der Waals surface area contributed by atoms with Crippen molar-refractivity contribution in [2.75, 3.05) is 11.9 Å². The lowest BCUT2D eigenvalue weighted by Gasteiger charge is -2.19. The molecule has 0 fully saturated rings. The first-order chi connectivity index (χ1) is 14.6. The van der Waals surface area contributed by atoms with Gasteiger partial charge < -0.3 is 10.1 Å². The fourth-order valence-corrected chi connectivity index (χ4v) is 3.49. The topological polar surface area (TPSA) is 59.9 Å². The van der Waals surface area contributed by atoms with Gasteiger partial charge in [0.25, 0.3) is 0 Å². The number of aromatic nitrogens is 3. The highest BCUT2D eigenvalue weighted by molar-refractivity contribution is 6.34. The van der Waals surface area contributed by atoms with Crippen LogP contribution in [-0.2, 0) is 0 Å². The fourth-order valence-electron chi connectivity index (χ4n) is 3.28. The maximum Gasteiger partial charge on any atom is 0.316 e. The molecule has 0 aliphatic carbocycles. The van der Waals surface area contributed by atoms with Crippen molar-refractivity contribution in [1.29, 1.82) is 0 Å². The van der Waals surface area contributed by atoms with E-state index in [1.807, 2.05) is 38.1 Å². The van der Waals surface area contributed by atoms with E-state index in [9.17, 15) is 4.39 Å². The average Bonchev–Trinajstić information content (AvgIpc) is 2.76. The second kappa shape index (κ2) is 8.63. The number of rotatable bonds is 6. The quantitative estimate of drug-likeness (QED) is 0.409. The Morgan fingerprint density at radius 3 is 2.53 bits per heavy atom. The number of pyridine rings is 1. The summed E-state index contributed by atoms with van der Waals surface area (Å²) >= 11 is 6.47. The Balaban J connectivity index is 1.73. The van der Waals surface area contributed by atoms with E-state index in [1.165, 1.54) is 6.07 Å². The summed E-state index contributed by atoms with van der Waals surface area (Å²) in [5.41, 5.74) is 3.80. The maximum absolute atomic E-state index is 14.2. The molecule has 0 unspecified atom stereocenters. The Bertz CT molecular complexity index is 1180. The molecule has 0 spiro atoms. The highest BCUT2D eigenvalue weighted by atomic mass is 35.5. The van der Waals surface area contributed by atoms with Crippen LogP contribution in [-0.4, -0.2) is 21.6 Å². The van der Waals surface area contributed by atoms with Crippen molar-refractivity contribution in [1.82, 2.24) is 15.0 Å². The molecule has 0 aliphatic heterocycles. The first-order valence-corrected chi connectivity index (χ1v) is 9.99. The lowest BCUT2D eigenvalue weighted by molar-refractivity contribution is 0.312. The monoisotopic (exact) mass is 422 g/mol. The Hall–Kier alpha value is -3.25. The second-order valence-electron chi connectivity index (χ2n) is 6.79. The summed E-state index contributed by atoms with van der Waals surface area (Å²) in [5.74, 6) is -0.265. The predicted molar refractivity (Wildman–Crippen MR) is 117 cm³/mol. The zero-order valence-corrected chi connectivity index (χ0v) is 17.3. The lowest BCUT2D eigenvalue weighted by Crippen LogP contribution is -2.09. The molecule has 0 saturated heterocycles. The molecular formula is C23H20ClFN4O. The van der Waals surface area contributed by atoms with Gasteiger partial charge in [-0.1, -0.05) is 35.9 Å². The van der Waals surface area contributed by atoms with Crippen molar-refractivity contribution in [3.8, 4) is 17.1 Å². The van der Waals surface area contributed by atoms with Gasteiger partial charge in [-0.15, -0.1) is 0 Å². The van der Waals surface area contributed by atoms with Gasteiger partial charge in [-0.05, 0) is 37.6 Å². The molecule has 0 bridgehead atoms. The number of anilines is 1. The largest absolute Gasteiger partial charge is 0.464 e.